The van der Waals surface area contributed by atoms with Crippen LogP contribution in [0.3, 0.4) is 0 Å². The maximum atomic E-state index is 9.24. The van der Waals surface area contributed by atoms with Crippen LogP contribution in [0.1, 0.15) is 25.7 Å². The van der Waals surface area contributed by atoms with E-state index >= 15 is 0 Å². The Balaban J connectivity index is 1.72. The number of rotatable bonds is 5. The summed E-state index contributed by atoms with van der Waals surface area (Å²) in [4.78, 5) is 8.29. The van der Waals surface area contributed by atoms with Crippen molar-refractivity contribution < 1.29 is 9.84 Å². The van der Waals surface area contributed by atoms with Crippen molar-refractivity contribution in [2.45, 2.75) is 31.7 Å². The van der Waals surface area contributed by atoms with E-state index in [1.165, 1.54) is 0 Å². The molecule has 0 radical (unpaired) electrons. The van der Waals surface area contributed by atoms with Gasteiger partial charge in [-0.25, -0.2) is 4.98 Å². The largest absolute Gasteiger partial charge is 0.452 e. The number of aromatic nitrogens is 2. The molecule has 1 aromatic carbocycles. The van der Waals surface area contributed by atoms with E-state index in [0.717, 1.165) is 25.7 Å². The normalized spacial score (nSPS) is 20.6. The zero-order chi connectivity index (χ0) is 16.9. The molecule has 0 aliphatic heterocycles. The van der Waals surface area contributed by atoms with Crippen LogP contribution < -0.4 is 15.8 Å². The summed E-state index contributed by atoms with van der Waals surface area (Å²) < 4.78 is 5.86. The summed E-state index contributed by atoms with van der Waals surface area (Å²) >= 11 is 5.89. The third kappa shape index (κ3) is 4.27. The van der Waals surface area contributed by atoms with Gasteiger partial charge >= 0.3 is 0 Å². The minimum atomic E-state index is 0.199. The lowest BCUT2D eigenvalue weighted by Gasteiger charge is -2.28. The zero-order valence-electron chi connectivity index (χ0n) is 13.3. The van der Waals surface area contributed by atoms with Crippen LogP contribution in [0.25, 0.3) is 0 Å². The molecule has 0 saturated heterocycles. The molecule has 128 valence electrons. The highest BCUT2D eigenvalue weighted by Crippen LogP contribution is 2.32. The third-order valence-corrected chi connectivity index (χ3v) is 4.51. The fraction of sp³-hybridized carbons (Fsp3) is 0.412. The first-order valence-corrected chi connectivity index (χ1v) is 8.45. The average Bonchev–Trinajstić information content (AvgIpc) is 2.60. The smallest absolute Gasteiger partial charge is 0.222 e. The summed E-state index contributed by atoms with van der Waals surface area (Å²) in [6.07, 6.45) is 5.54. The SMILES string of the molecule is Nc1ncc(Oc2ccc(Cl)cc2)c(N[C@H]2CC[C@H](CO)CC2)n1. The third-order valence-electron chi connectivity index (χ3n) is 4.26. The first kappa shape index (κ1) is 16.8. The summed E-state index contributed by atoms with van der Waals surface area (Å²) in [5, 5.41) is 13.3. The fourth-order valence-corrected chi connectivity index (χ4v) is 3.00. The quantitative estimate of drug-likeness (QED) is 0.766. The second-order valence-corrected chi connectivity index (χ2v) is 6.48. The van der Waals surface area contributed by atoms with Gasteiger partial charge in [0, 0.05) is 17.7 Å². The molecule has 1 heterocycles. The number of halogens is 1. The standard InChI is InChI=1S/C17H21ClN4O2/c18-12-3-7-14(8-4-12)24-15-9-20-17(19)22-16(15)21-13-5-1-11(10-23)2-6-13/h3-4,7-9,11,13,23H,1-2,5-6,10H2,(H3,19,20,21,22)/t11-,13-. The molecule has 7 heteroatoms. The van der Waals surface area contributed by atoms with E-state index in [1.54, 1.807) is 30.5 Å². The Bertz CT molecular complexity index is 673. The number of nitrogens with zero attached hydrogens (tertiary/aromatic N) is 2. The fourth-order valence-electron chi connectivity index (χ4n) is 2.87. The molecular formula is C17H21ClN4O2. The molecule has 1 aromatic heterocycles. The van der Waals surface area contributed by atoms with E-state index in [0.29, 0.717) is 28.3 Å². The number of aliphatic hydroxyl groups excluding tert-OH is 1. The van der Waals surface area contributed by atoms with E-state index in [9.17, 15) is 5.11 Å². The Morgan fingerprint density at radius 1 is 1.21 bits per heavy atom. The van der Waals surface area contributed by atoms with Crippen LogP contribution in [0.5, 0.6) is 11.5 Å². The van der Waals surface area contributed by atoms with Crippen molar-refractivity contribution in [1.82, 2.24) is 9.97 Å². The number of benzene rings is 1. The summed E-state index contributed by atoms with van der Waals surface area (Å²) in [5.74, 6) is 2.37. The first-order valence-electron chi connectivity index (χ1n) is 8.07. The van der Waals surface area contributed by atoms with Crippen LogP contribution in [-0.2, 0) is 0 Å². The monoisotopic (exact) mass is 348 g/mol. The summed E-state index contributed by atoms with van der Waals surface area (Å²) in [6, 6.07) is 7.38. The van der Waals surface area contributed by atoms with Gasteiger partial charge in [0.25, 0.3) is 0 Å². The number of anilines is 2. The number of nitrogens with two attached hydrogens (primary N) is 1. The number of nitrogens with one attached hydrogen (secondary N) is 1. The summed E-state index contributed by atoms with van der Waals surface area (Å²) in [7, 11) is 0. The molecular weight excluding hydrogens is 328 g/mol. The Morgan fingerprint density at radius 3 is 2.58 bits per heavy atom. The van der Waals surface area contributed by atoms with Crippen LogP contribution in [0.2, 0.25) is 5.02 Å². The van der Waals surface area contributed by atoms with Crippen molar-refractivity contribution in [2.75, 3.05) is 17.7 Å². The molecule has 0 atom stereocenters. The molecule has 1 fully saturated rings. The van der Waals surface area contributed by atoms with Crippen molar-refractivity contribution in [3.63, 3.8) is 0 Å². The molecule has 1 saturated carbocycles. The zero-order valence-corrected chi connectivity index (χ0v) is 14.0. The number of nitrogen functional groups attached to an aromatic ring is 1. The van der Waals surface area contributed by atoms with Crippen LogP contribution in [0, 0.1) is 5.92 Å². The van der Waals surface area contributed by atoms with Crippen molar-refractivity contribution in [1.29, 1.82) is 0 Å². The molecule has 1 aliphatic rings. The van der Waals surface area contributed by atoms with Gasteiger partial charge in [-0.3, -0.25) is 0 Å². The first-order chi connectivity index (χ1) is 11.6. The Morgan fingerprint density at radius 2 is 1.92 bits per heavy atom. The average molecular weight is 349 g/mol. The molecule has 1 aliphatic carbocycles. The van der Waals surface area contributed by atoms with Gasteiger partial charge in [-0.1, -0.05) is 11.6 Å². The Kier molecular flexibility index (Phi) is 5.37. The highest BCUT2D eigenvalue weighted by Gasteiger charge is 2.22. The van der Waals surface area contributed by atoms with E-state index < -0.39 is 0 Å². The molecule has 0 bridgehead atoms. The topological polar surface area (TPSA) is 93.3 Å². The van der Waals surface area contributed by atoms with Crippen molar-refractivity contribution >= 4 is 23.4 Å². The van der Waals surface area contributed by atoms with Gasteiger partial charge in [-0.05, 0) is 55.9 Å². The molecule has 6 nitrogen and oxygen atoms in total. The second kappa shape index (κ2) is 7.68. The summed E-state index contributed by atoms with van der Waals surface area (Å²) in [6.45, 7) is 0.262. The van der Waals surface area contributed by atoms with Gasteiger partial charge in [0.1, 0.15) is 5.75 Å². The molecule has 0 unspecified atom stereocenters. The number of aliphatic hydroxyl groups is 1. The lowest BCUT2D eigenvalue weighted by Crippen LogP contribution is -2.28. The van der Waals surface area contributed by atoms with E-state index in [4.69, 9.17) is 22.1 Å². The van der Waals surface area contributed by atoms with Crippen molar-refractivity contribution in [2.24, 2.45) is 5.92 Å². The molecule has 0 amide bonds. The van der Waals surface area contributed by atoms with Gasteiger partial charge in [0.15, 0.2) is 11.6 Å². The van der Waals surface area contributed by atoms with Crippen molar-refractivity contribution in [3.05, 3.63) is 35.5 Å². The van der Waals surface area contributed by atoms with Gasteiger partial charge in [0.05, 0.1) is 6.20 Å². The van der Waals surface area contributed by atoms with Crippen LogP contribution in [-0.4, -0.2) is 27.7 Å². The highest BCUT2D eigenvalue weighted by atomic mass is 35.5. The Labute approximate surface area is 146 Å². The highest BCUT2D eigenvalue weighted by molar-refractivity contribution is 6.30. The van der Waals surface area contributed by atoms with Gasteiger partial charge < -0.3 is 20.9 Å². The predicted octanol–water partition coefficient (Wildman–Crippen LogP) is 3.47. The minimum Gasteiger partial charge on any atom is -0.452 e. The van der Waals surface area contributed by atoms with Crippen LogP contribution in [0.4, 0.5) is 11.8 Å². The minimum absolute atomic E-state index is 0.199. The van der Waals surface area contributed by atoms with E-state index in [1.807, 2.05) is 0 Å². The van der Waals surface area contributed by atoms with Gasteiger partial charge in [0.2, 0.25) is 5.95 Å². The number of ether oxygens (including phenoxy) is 1. The van der Waals surface area contributed by atoms with Crippen LogP contribution in [0.15, 0.2) is 30.5 Å². The lowest BCUT2D eigenvalue weighted by molar-refractivity contribution is 0.185. The number of hydrogen-bond acceptors (Lipinski definition) is 6. The predicted molar refractivity (Wildman–Crippen MR) is 94.4 cm³/mol. The van der Waals surface area contributed by atoms with E-state index in [2.05, 4.69) is 15.3 Å². The molecule has 3 rings (SSSR count). The number of hydrogen-bond donors (Lipinski definition) is 3. The molecule has 2 aromatic rings. The maximum absolute atomic E-state index is 9.24. The summed E-state index contributed by atoms with van der Waals surface area (Å²) in [5.41, 5.74) is 5.72. The molecule has 4 N–H and O–H groups in total. The van der Waals surface area contributed by atoms with Gasteiger partial charge in [-0.15, -0.1) is 0 Å². The van der Waals surface area contributed by atoms with Crippen LogP contribution >= 0.6 is 11.6 Å². The van der Waals surface area contributed by atoms with Crippen molar-refractivity contribution in [3.8, 4) is 11.5 Å². The Hall–Kier alpha value is -2.05. The molecule has 0 spiro atoms. The van der Waals surface area contributed by atoms with E-state index in [-0.39, 0.29) is 18.6 Å². The molecule has 24 heavy (non-hydrogen) atoms. The van der Waals surface area contributed by atoms with Gasteiger partial charge in [-0.2, -0.15) is 4.98 Å². The maximum Gasteiger partial charge on any atom is 0.222 e. The second-order valence-electron chi connectivity index (χ2n) is 6.04. The lowest BCUT2D eigenvalue weighted by atomic mass is 9.86.